The zero-order valence-corrected chi connectivity index (χ0v) is 16.7. The van der Waals surface area contributed by atoms with Crippen LogP contribution in [-0.2, 0) is 16.4 Å². The molecule has 2 aliphatic heterocycles. The summed E-state index contributed by atoms with van der Waals surface area (Å²) in [5.41, 5.74) is 4.00. The number of fused-ring (bicyclic) bond motifs is 4. The molecule has 0 saturated heterocycles. The second-order valence-corrected chi connectivity index (χ2v) is 9.98. The Morgan fingerprint density at radius 2 is 2.07 bits per heavy atom. The molecule has 3 aliphatic rings. The second-order valence-electron chi connectivity index (χ2n) is 7.21. The van der Waals surface area contributed by atoms with Gasteiger partial charge in [0.25, 0.3) is 15.9 Å². The number of carbonyl (C=O) groups excluding carboxylic acids is 1. The second kappa shape index (κ2) is 6.63. The minimum atomic E-state index is -3.38. The molecule has 2 aromatic rings. The number of amidine groups is 1. The van der Waals surface area contributed by atoms with Gasteiger partial charge in [-0.2, -0.15) is 0 Å². The normalized spacial score (nSPS) is 21.9. The predicted octanol–water partition coefficient (Wildman–Crippen LogP) is 3.11. The van der Waals surface area contributed by atoms with E-state index < -0.39 is 10.0 Å². The van der Waals surface area contributed by atoms with E-state index in [2.05, 4.69) is 21.8 Å². The van der Waals surface area contributed by atoms with Gasteiger partial charge in [-0.15, -0.1) is 4.40 Å². The average molecular weight is 414 g/mol. The van der Waals surface area contributed by atoms with E-state index >= 15 is 0 Å². The van der Waals surface area contributed by atoms with Gasteiger partial charge in [-0.05, 0) is 60.4 Å². The number of anilines is 1. The summed E-state index contributed by atoms with van der Waals surface area (Å²) in [5.74, 6) is -0.0932. The first-order valence-electron chi connectivity index (χ1n) is 9.31. The van der Waals surface area contributed by atoms with E-state index in [1.807, 2.05) is 29.2 Å². The maximum Gasteiger partial charge on any atom is 0.257 e. The molecular weight excluding hydrogens is 394 g/mol. The van der Waals surface area contributed by atoms with Crippen molar-refractivity contribution in [3.63, 3.8) is 0 Å². The van der Waals surface area contributed by atoms with Crippen molar-refractivity contribution in [3.8, 4) is 0 Å². The Hall–Kier alpha value is -2.32. The SMILES string of the molecule is O=C(NC1CCCc2ccccc21)c1ccc2c(c1)SC1=NS(=O)(=O)CCN12. The predicted molar refractivity (Wildman–Crippen MR) is 110 cm³/mol. The summed E-state index contributed by atoms with van der Waals surface area (Å²) in [6.45, 7) is 0.394. The Morgan fingerprint density at radius 1 is 1.21 bits per heavy atom. The first-order valence-corrected chi connectivity index (χ1v) is 11.7. The van der Waals surface area contributed by atoms with Crippen molar-refractivity contribution in [2.24, 2.45) is 4.40 Å². The molecule has 5 rings (SSSR count). The number of amides is 1. The molecule has 0 bridgehead atoms. The molecule has 2 aromatic carbocycles. The maximum atomic E-state index is 12.9. The van der Waals surface area contributed by atoms with Crippen LogP contribution in [0.1, 0.15) is 40.4 Å². The third kappa shape index (κ3) is 3.10. The third-order valence-corrected chi connectivity index (χ3v) is 7.72. The summed E-state index contributed by atoms with van der Waals surface area (Å²) in [5, 5.41) is 3.64. The van der Waals surface area contributed by atoms with Crippen LogP contribution >= 0.6 is 11.8 Å². The Balaban J connectivity index is 1.39. The molecule has 1 unspecified atom stereocenters. The number of rotatable bonds is 2. The lowest BCUT2D eigenvalue weighted by Crippen LogP contribution is -2.35. The molecule has 1 atom stereocenters. The summed E-state index contributed by atoms with van der Waals surface area (Å²) in [7, 11) is -3.38. The molecule has 28 heavy (non-hydrogen) atoms. The highest BCUT2D eigenvalue weighted by Gasteiger charge is 2.33. The minimum Gasteiger partial charge on any atom is -0.345 e. The Morgan fingerprint density at radius 3 is 2.96 bits per heavy atom. The standard InChI is InChI=1S/C20H19N3O3S2/c24-19(21-16-7-3-5-13-4-1-2-6-15(13)16)14-8-9-17-18(12-14)27-20-22-28(25,26)11-10-23(17)20/h1-2,4,6,8-9,12,16H,3,5,7,10-11H2,(H,21,24). The van der Waals surface area contributed by atoms with Crippen molar-refractivity contribution in [2.75, 3.05) is 17.2 Å². The molecule has 1 amide bonds. The highest BCUT2D eigenvalue weighted by molar-refractivity contribution is 8.15. The number of hydrogen-bond donors (Lipinski definition) is 1. The molecule has 0 radical (unpaired) electrons. The molecule has 6 nitrogen and oxygen atoms in total. The van der Waals surface area contributed by atoms with Crippen molar-refractivity contribution in [1.82, 2.24) is 5.32 Å². The van der Waals surface area contributed by atoms with Crippen molar-refractivity contribution >= 4 is 38.5 Å². The summed E-state index contributed by atoms with van der Waals surface area (Å²) >= 11 is 1.31. The van der Waals surface area contributed by atoms with Crippen molar-refractivity contribution in [1.29, 1.82) is 0 Å². The number of aryl methyl sites for hydroxylation is 1. The molecule has 0 spiro atoms. The fourth-order valence-electron chi connectivity index (χ4n) is 4.02. The number of benzene rings is 2. The van der Waals surface area contributed by atoms with Gasteiger partial charge in [0.05, 0.1) is 17.5 Å². The summed E-state index contributed by atoms with van der Waals surface area (Å²) < 4.78 is 27.4. The Labute approximate surface area is 168 Å². The van der Waals surface area contributed by atoms with E-state index in [0.717, 1.165) is 29.8 Å². The van der Waals surface area contributed by atoms with Gasteiger partial charge in [-0.3, -0.25) is 4.79 Å². The van der Waals surface area contributed by atoms with E-state index in [1.165, 1.54) is 22.9 Å². The number of nitrogens with zero attached hydrogens (tertiary/aromatic N) is 2. The van der Waals surface area contributed by atoms with Crippen LogP contribution in [0.5, 0.6) is 0 Å². The van der Waals surface area contributed by atoms with Crippen LogP contribution in [0.15, 0.2) is 51.8 Å². The largest absolute Gasteiger partial charge is 0.345 e. The fourth-order valence-corrected chi connectivity index (χ4v) is 6.31. The first kappa shape index (κ1) is 17.8. The van der Waals surface area contributed by atoms with Crippen LogP contribution in [0.3, 0.4) is 0 Å². The summed E-state index contributed by atoms with van der Waals surface area (Å²) in [6.07, 6.45) is 3.05. The van der Waals surface area contributed by atoms with Gasteiger partial charge in [0.2, 0.25) is 0 Å². The van der Waals surface area contributed by atoms with E-state index in [9.17, 15) is 13.2 Å². The number of hydrogen-bond acceptors (Lipinski definition) is 5. The molecule has 1 aliphatic carbocycles. The van der Waals surface area contributed by atoms with Crippen molar-refractivity contribution in [2.45, 2.75) is 30.2 Å². The molecule has 0 aromatic heterocycles. The van der Waals surface area contributed by atoms with E-state index in [-0.39, 0.29) is 17.7 Å². The van der Waals surface area contributed by atoms with E-state index in [0.29, 0.717) is 17.3 Å². The van der Waals surface area contributed by atoms with Crippen LogP contribution in [0.25, 0.3) is 0 Å². The highest BCUT2D eigenvalue weighted by atomic mass is 32.2. The molecule has 0 fully saturated rings. The summed E-state index contributed by atoms with van der Waals surface area (Å²) in [6, 6.07) is 13.8. The maximum absolute atomic E-state index is 12.9. The quantitative estimate of drug-likeness (QED) is 0.818. The van der Waals surface area contributed by atoms with Gasteiger partial charge in [0.15, 0.2) is 5.17 Å². The van der Waals surface area contributed by atoms with Crippen LogP contribution in [0.4, 0.5) is 5.69 Å². The van der Waals surface area contributed by atoms with Crippen molar-refractivity contribution < 1.29 is 13.2 Å². The molecule has 8 heteroatoms. The Bertz CT molecular complexity index is 1110. The topological polar surface area (TPSA) is 78.8 Å². The smallest absolute Gasteiger partial charge is 0.257 e. The number of thioether (sulfide) groups is 1. The lowest BCUT2D eigenvalue weighted by Gasteiger charge is -2.26. The Kier molecular flexibility index (Phi) is 4.21. The number of nitrogens with one attached hydrogen (secondary N) is 1. The van der Waals surface area contributed by atoms with Gasteiger partial charge < -0.3 is 10.2 Å². The first-order chi connectivity index (χ1) is 13.5. The van der Waals surface area contributed by atoms with Gasteiger partial charge >= 0.3 is 0 Å². The van der Waals surface area contributed by atoms with Crippen molar-refractivity contribution in [3.05, 3.63) is 59.2 Å². The minimum absolute atomic E-state index is 0.0137. The fraction of sp³-hybridized carbons (Fsp3) is 0.300. The van der Waals surface area contributed by atoms with Crippen LogP contribution < -0.4 is 10.2 Å². The van der Waals surface area contributed by atoms with Gasteiger partial charge in [0.1, 0.15) is 0 Å². The highest BCUT2D eigenvalue weighted by Crippen LogP contribution is 2.42. The van der Waals surface area contributed by atoms with E-state index in [4.69, 9.17) is 0 Å². The van der Waals surface area contributed by atoms with E-state index in [1.54, 1.807) is 6.07 Å². The van der Waals surface area contributed by atoms with Gasteiger partial charge in [-0.25, -0.2) is 8.42 Å². The molecule has 144 valence electrons. The lowest BCUT2D eigenvalue weighted by atomic mass is 9.87. The zero-order valence-electron chi connectivity index (χ0n) is 15.1. The average Bonchev–Trinajstić information content (AvgIpc) is 3.03. The monoisotopic (exact) mass is 413 g/mol. The third-order valence-electron chi connectivity index (χ3n) is 5.41. The zero-order chi connectivity index (χ0) is 19.3. The van der Waals surface area contributed by atoms with Crippen LogP contribution in [0, 0.1) is 0 Å². The number of sulfonamides is 1. The molecule has 0 saturated carbocycles. The number of carbonyl (C=O) groups is 1. The summed E-state index contributed by atoms with van der Waals surface area (Å²) in [4.78, 5) is 15.7. The van der Waals surface area contributed by atoms with Crippen LogP contribution in [-0.4, -0.2) is 31.8 Å². The molecule has 1 N–H and O–H groups in total. The van der Waals surface area contributed by atoms with Gasteiger partial charge in [0, 0.05) is 17.0 Å². The molecule has 2 heterocycles. The molecular formula is C20H19N3O3S2. The van der Waals surface area contributed by atoms with Crippen LogP contribution in [0.2, 0.25) is 0 Å². The van der Waals surface area contributed by atoms with Gasteiger partial charge in [-0.1, -0.05) is 24.3 Å². The lowest BCUT2D eigenvalue weighted by molar-refractivity contribution is 0.0932.